The second kappa shape index (κ2) is 5.70. The predicted molar refractivity (Wildman–Crippen MR) is 54.4 cm³/mol. The van der Waals surface area contributed by atoms with Gasteiger partial charge >= 0.3 is 5.97 Å². The van der Waals surface area contributed by atoms with Crippen LogP contribution in [0.3, 0.4) is 0 Å². The fourth-order valence-electron chi connectivity index (χ4n) is 0.938. The Labute approximate surface area is 87.7 Å². The van der Waals surface area contributed by atoms with Crippen molar-refractivity contribution in [2.45, 2.75) is 6.92 Å². The van der Waals surface area contributed by atoms with Crippen molar-refractivity contribution < 1.29 is 19.4 Å². The third-order valence-corrected chi connectivity index (χ3v) is 1.56. The van der Waals surface area contributed by atoms with Crippen molar-refractivity contribution >= 4 is 5.97 Å². The first kappa shape index (κ1) is 11.1. The summed E-state index contributed by atoms with van der Waals surface area (Å²) in [6.45, 7) is 1.91. The molecular formula is C11H12O4. The first-order valence-corrected chi connectivity index (χ1v) is 4.52. The highest BCUT2D eigenvalue weighted by Crippen LogP contribution is 2.13. The Morgan fingerprint density at radius 3 is 2.60 bits per heavy atom. The summed E-state index contributed by atoms with van der Waals surface area (Å²) in [6.07, 6.45) is 0.588. The number of benzene rings is 1. The lowest BCUT2D eigenvalue weighted by atomic mass is 10.3. The molecule has 0 aromatic heterocycles. The van der Waals surface area contributed by atoms with Crippen LogP contribution >= 0.6 is 0 Å². The summed E-state index contributed by atoms with van der Waals surface area (Å²) < 4.78 is 9.79. The van der Waals surface area contributed by atoms with Gasteiger partial charge in [0, 0.05) is 0 Å². The van der Waals surface area contributed by atoms with Gasteiger partial charge in [0.25, 0.3) is 0 Å². The summed E-state index contributed by atoms with van der Waals surface area (Å²) in [7, 11) is 0. The fraction of sp³-hybridized carbons (Fsp3) is 0.182. The van der Waals surface area contributed by atoms with E-state index in [0.29, 0.717) is 12.0 Å². The molecule has 80 valence electrons. The molecule has 4 heteroatoms. The van der Waals surface area contributed by atoms with E-state index in [4.69, 9.17) is 9.84 Å². The summed E-state index contributed by atoms with van der Waals surface area (Å²) in [5.41, 5.74) is 0. The minimum absolute atomic E-state index is 0.230. The molecule has 1 rings (SSSR count). The zero-order valence-electron chi connectivity index (χ0n) is 8.34. The molecule has 0 spiro atoms. The van der Waals surface area contributed by atoms with Crippen LogP contribution in [0.4, 0.5) is 0 Å². The minimum atomic E-state index is -0.691. The van der Waals surface area contributed by atoms with Gasteiger partial charge in [0.2, 0.25) is 5.76 Å². The summed E-state index contributed by atoms with van der Waals surface area (Å²) in [5, 5.41) is 8.80. The predicted octanol–water partition coefficient (Wildman–Crippen LogP) is 2.03. The molecule has 4 nitrogen and oxygen atoms in total. The first-order valence-electron chi connectivity index (χ1n) is 4.52. The number of carbonyl (C=O) groups excluding carboxylic acids is 1. The Hall–Kier alpha value is -1.97. The first-order chi connectivity index (χ1) is 7.27. The SMILES string of the molecule is CCOC(=O)/C(=C/O)Oc1ccccc1. The molecule has 0 aliphatic carbocycles. The van der Waals surface area contributed by atoms with Crippen LogP contribution in [-0.2, 0) is 9.53 Å². The number of hydrogen-bond acceptors (Lipinski definition) is 4. The molecular weight excluding hydrogens is 196 g/mol. The molecule has 0 amide bonds. The van der Waals surface area contributed by atoms with Crippen LogP contribution in [0.25, 0.3) is 0 Å². The van der Waals surface area contributed by atoms with E-state index in [-0.39, 0.29) is 12.4 Å². The Morgan fingerprint density at radius 2 is 2.07 bits per heavy atom. The number of para-hydroxylation sites is 1. The van der Waals surface area contributed by atoms with Crippen LogP contribution in [0.5, 0.6) is 5.75 Å². The molecule has 0 saturated heterocycles. The molecule has 0 saturated carbocycles. The fourth-order valence-corrected chi connectivity index (χ4v) is 0.938. The highest BCUT2D eigenvalue weighted by atomic mass is 16.6. The van der Waals surface area contributed by atoms with Crippen molar-refractivity contribution in [3.8, 4) is 5.75 Å². The van der Waals surface area contributed by atoms with Gasteiger partial charge in [0.1, 0.15) is 12.0 Å². The van der Waals surface area contributed by atoms with Crippen molar-refractivity contribution in [1.82, 2.24) is 0 Å². The van der Waals surface area contributed by atoms with Gasteiger partial charge < -0.3 is 14.6 Å². The zero-order chi connectivity index (χ0) is 11.1. The number of rotatable bonds is 4. The Morgan fingerprint density at radius 1 is 1.40 bits per heavy atom. The standard InChI is InChI=1S/C11H12O4/c1-2-14-11(13)10(8-12)15-9-6-4-3-5-7-9/h3-8,12H,2H2,1H3/b10-8-. The third-order valence-electron chi connectivity index (χ3n) is 1.56. The van der Waals surface area contributed by atoms with Crippen LogP contribution in [-0.4, -0.2) is 17.7 Å². The maximum absolute atomic E-state index is 11.2. The Bertz CT molecular complexity index is 343. The van der Waals surface area contributed by atoms with Gasteiger partial charge in [-0.1, -0.05) is 18.2 Å². The van der Waals surface area contributed by atoms with Crippen LogP contribution in [0.15, 0.2) is 42.4 Å². The summed E-state index contributed by atoms with van der Waals surface area (Å²) in [5.74, 6) is -0.460. The Kier molecular flexibility index (Phi) is 4.22. The zero-order valence-corrected chi connectivity index (χ0v) is 8.34. The number of ether oxygens (including phenoxy) is 2. The maximum atomic E-state index is 11.2. The molecule has 0 aliphatic heterocycles. The topological polar surface area (TPSA) is 55.8 Å². The molecule has 0 bridgehead atoms. The molecule has 1 aromatic carbocycles. The number of aliphatic hydroxyl groups excluding tert-OH is 1. The van der Waals surface area contributed by atoms with E-state index in [2.05, 4.69) is 4.74 Å². The summed E-state index contributed by atoms with van der Waals surface area (Å²) in [4.78, 5) is 11.2. The largest absolute Gasteiger partial charge is 0.511 e. The van der Waals surface area contributed by atoms with Gasteiger partial charge in [-0.2, -0.15) is 0 Å². The van der Waals surface area contributed by atoms with E-state index >= 15 is 0 Å². The highest BCUT2D eigenvalue weighted by Gasteiger charge is 2.12. The molecule has 0 radical (unpaired) electrons. The van der Waals surface area contributed by atoms with Gasteiger partial charge in [-0.15, -0.1) is 0 Å². The molecule has 1 N–H and O–H groups in total. The average molecular weight is 208 g/mol. The van der Waals surface area contributed by atoms with Crippen LogP contribution < -0.4 is 4.74 Å². The highest BCUT2D eigenvalue weighted by molar-refractivity contribution is 5.86. The van der Waals surface area contributed by atoms with Gasteiger partial charge in [-0.3, -0.25) is 0 Å². The van der Waals surface area contributed by atoms with Crippen molar-refractivity contribution in [2.24, 2.45) is 0 Å². The lowest BCUT2D eigenvalue weighted by Crippen LogP contribution is -2.12. The van der Waals surface area contributed by atoms with Crippen LogP contribution in [0.1, 0.15) is 6.92 Å². The second-order valence-corrected chi connectivity index (χ2v) is 2.63. The molecule has 0 atom stereocenters. The normalized spacial score (nSPS) is 10.9. The van der Waals surface area contributed by atoms with Gasteiger partial charge in [0.05, 0.1) is 6.61 Å². The smallest absolute Gasteiger partial charge is 0.377 e. The average Bonchev–Trinajstić information content (AvgIpc) is 2.27. The third kappa shape index (κ3) is 3.34. The Balaban J connectivity index is 2.67. The molecule has 15 heavy (non-hydrogen) atoms. The van der Waals surface area contributed by atoms with Gasteiger partial charge in [-0.25, -0.2) is 4.79 Å². The quantitative estimate of drug-likeness (QED) is 0.467. The van der Waals surface area contributed by atoms with Crippen molar-refractivity contribution in [3.05, 3.63) is 42.4 Å². The van der Waals surface area contributed by atoms with E-state index in [1.807, 2.05) is 6.07 Å². The summed E-state index contributed by atoms with van der Waals surface area (Å²) >= 11 is 0. The lowest BCUT2D eigenvalue weighted by Gasteiger charge is -2.07. The minimum Gasteiger partial charge on any atom is -0.511 e. The number of aliphatic hydroxyl groups is 1. The lowest BCUT2D eigenvalue weighted by molar-refractivity contribution is -0.141. The van der Waals surface area contributed by atoms with Crippen LogP contribution in [0, 0.1) is 0 Å². The number of esters is 1. The van der Waals surface area contributed by atoms with Crippen molar-refractivity contribution in [2.75, 3.05) is 6.61 Å². The molecule has 0 unspecified atom stereocenters. The van der Waals surface area contributed by atoms with Gasteiger partial charge in [-0.05, 0) is 19.1 Å². The van der Waals surface area contributed by atoms with Gasteiger partial charge in [0.15, 0.2) is 0 Å². The van der Waals surface area contributed by atoms with Crippen LogP contribution in [0.2, 0.25) is 0 Å². The molecule has 0 fully saturated rings. The molecule has 1 aromatic rings. The van der Waals surface area contributed by atoms with E-state index in [1.54, 1.807) is 31.2 Å². The van der Waals surface area contributed by atoms with E-state index in [1.165, 1.54) is 0 Å². The number of carbonyl (C=O) groups is 1. The monoisotopic (exact) mass is 208 g/mol. The van der Waals surface area contributed by atoms with E-state index < -0.39 is 5.97 Å². The van der Waals surface area contributed by atoms with Crippen molar-refractivity contribution in [1.29, 1.82) is 0 Å². The maximum Gasteiger partial charge on any atom is 0.377 e. The molecule has 0 aliphatic rings. The summed E-state index contributed by atoms with van der Waals surface area (Å²) in [6, 6.07) is 8.68. The van der Waals surface area contributed by atoms with Crippen molar-refractivity contribution in [3.63, 3.8) is 0 Å². The van der Waals surface area contributed by atoms with E-state index in [0.717, 1.165) is 0 Å². The van der Waals surface area contributed by atoms with E-state index in [9.17, 15) is 4.79 Å². The number of hydrogen-bond donors (Lipinski definition) is 1. The second-order valence-electron chi connectivity index (χ2n) is 2.63. The molecule has 0 heterocycles.